The minimum Gasteiger partial charge on any atom is -0.454 e. The van der Waals surface area contributed by atoms with Crippen LogP contribution in [0.25, 0.3) is 0 Å². The maximum atomic E-state index is 5.50. The molecule has 3 heterocycles. The van der Waals surface area contributed by atoms with E-state index in [0.29, 0.717) is 12.8 Å². The molecule has 0 saturated carbocycles. The van der Waals surface area contributed by atoms with E-state index in [4.69, 9.17) is 9.47 Å². The van der Waals surface area contributed by atoms with Crippen molar-refractivity contribution in [3.8, 4) is 11.5 Å². The van der Waals surface area contributed by atoms with Crippen molar-refractivity contribution in [3.05, 3.63) is 41.5 Å². The van der Waals surface area contributed by atoms with Crippen LogP contribution in [0.1, 0.15) is 30.0 Å². The molecule has 0 radical (unpaired) electrons. The van der Waals surface area contributed by atoms with E-state index in [0.717, 1.165) is 43.2 Å². The molecule has 22 heavy (non-hydrogen) atoms. The van der Waals surface area contributed by atoms with E-state index >= 15 is 0 Å². The molecule has 1 unspecified atom stereocenters. The van der Waals surface area contributed by atoms with Gasteiger partial charge in [0.05, 0.1) is 5.69 Å². The Hall–Kier alpha value is -2.01. The first kappa shape index (κ1) is 13.6. The van der Waals surface area contributed by atoms with Gasteiger partial charge in [0.2, 0.25) is 6.79 Å². The first-order valence-corrected chi connectivity index (χ1v) is 7.87. The van der Waals surface area contributed by atoms with Gasteiger partial charge in [-0.05, 0) is 31.5 Å². The monoisotopic (exact) mass is 299 g/mol. The van der Waals surface area contributed by atoms with Crippen molar-refractivity contribution in [2.45, 2.75) is 32.9 Å². The van der Waals surface area contributed by atoms with Crippen molar-refractivity contribution < 1.29 is 9.47 Å². The maximum absolute atomic E-state index is 5.50. The van der Waals surface area contributed by atoms with Crippen molar-refractivity contribution in [1.82, 2.24) is 14.5 Å². The van der Waals surface area contributed by atoms with E-state index in [1.165, 1.54) is 11.4 Å². The summed E-state index contributed by atoms with van der Waals surface area (Å²) in [5.74, 6) is 2.92. The van der Waals surface area contributed by atoms with Gasteiger partial charge in [-0.2, -0.15) is 0 Å². The Balaban J connectivity index is 1.51. The Morgan fingerprint density at radius 3 is 2.91 bits per heavy atom. The summed E-state index contributed by atoms with van der Waals surface area (Å²) in [4.78, 5) is 7.14. The number of rotatable bonds is 2. The largest absolute Gasteiger partial charge is 0.454 e. The van der Waals surface area contributed by atoms with Gasteiger partial charge in [-0.15, -0.1) is 0 Å². The summed E-state index contributed by atoms with van der Waals surface area (Å²) >= 11 is 0. The predicted octanol–water partition coefficient (Wildman–Crippen LogP) is 2.54. The average Bonchev–Trinajstić information content (AvgIpc) is 3.07. The van der Waals surface area contributed by atoms with E-state index in [1.54, 1.807) is 0 Å². The second-order valence-electron chi connectivity index (χ2n) is 6.07. The van der Waals surface area contributed by atoms with Crippen molar-refractivity contribution in [2.24, 2.45) is 0 Å². The molecule has 0 spiro atoms. The fourth-order valence-corrected chi connectivity index (χ4v) is 3.35. The molecular formula is C17H21N3O2. The third-order valence-electron chi connectivity index (χ3n) is 4.66. The molecule has 0 saturated heterocycles. The van der Waals surface area contributed by atoms with Gasteiger partial charge < -0.3 is 14.0 Å². The Bertz CT molecular complexity index is 670. The van der Waals surface area contributed by atoms with Crippen LogP contribution < -0.4 is 9.47 Å². The number of nitrogens with zero attached hydrogens (tertiary/aromatic N) is 3. The highest BCUT2D eigenvalue weighted by molar-refractivity contribution is 5.45. The van der Waals surface area contributed by atoms with E-state index in [2.05, 4.69) is 46.6 Å². The second kappa shape index (κ2) is 5.32. The van der Waals surface area contributed by atoms with Crippen LogP contribution in [0.15, 0.2) is 24.4 Å². The molecule has 4 rings (SSSR count). The fourth-order valence-electron chi connectivity index (χ4n) is 3.35. The number of hydrogen-bond donors (Lipinski definition) is 0. The van der Waals surface area contributed by atoms with Gasteiger partial charge in [-0.1, -0.05) is 6.07 Å². The number of benzene rings is 1. The third kappa shape index (κ3) is 2.35. The summed E-state index contributed by atoms with van der Waals surface area (Å²) < 4.78 is 13.2. The summed E-state index contributed by atoms with van der Waals surface area (Å²) in [5.41, 5.74) is 2.40. The predicted molar refractivity (Wildman–Crippen MR) is 83.2 cm³/mol. The molecule has 0 N–H and O–H groups in total. The first-order valence-electron chi connectivity index (χ1n) is 7.87. The van der Waals surface area contributed by atoms with Crippen molar-refractivity contribution in [2.75, 3.05) is 19.9 Å². The molecule has 0 amide bonds. The normalized spacial score (nSPS) is 18.8. The van der Waals surface area contributed by atoms with Gasteiger partial charge in [0.25, 0.3) is 0 Å². The number of fused-ring (bicyclic) bond motifs is 2. The minimum atomic E-state index is 0.331. The van der Waals surface area contributed by atoms with Crippen molar-refractivity contribution >= 4 is 0 Å². The molecule has 1 aromatic carbocycles. The van der Waals surface area contributed by atoms with E-state index in [9.17, 15) is 0 Å². The van der Waals surface area contributed by atoms with Crippen molar-refractivity contribution in [1.29, 1.82) is 0 Å². The number of imidazole rings is 1. The fraction of sp³-hybridized carbons (Fsp3) is 0.471. The van der Waals surface area contributed by atoms with Gasteiger partial charge in [0, 0.05) is 38.3 Å². The molecule has 2 aliphatic heterocycles. The smallest absolute Gasteiger partial charge is 0.231 e. The first-order chi connectivity index (χ1) is 10.7. The Morgan fingerprint density at radius 2 is 2.00 bits per heavy atom. The van der Waals surface area contributed by atoms with Gasteiger partial charge in [-0.3, -0.25) is 4.90 Å². The van der Waals surface area contributed by atoms with E-state index in [-0.39, 0.29) is 0 Å². The van der Waals surface area contributed by atoms with Crippen LogP contribution in [0.2, 0.25) is 0 Å². The van der Waals surface area contributed by atoms with Gasteiger partial charge in [0.15, 0.2) is 11.5 Å². The highest BCUT2D eigenvalue weighted by atomic mass is 16.7. The van der Waals surface area contributed by atoms with Crippen LogP contribution in [0.5, 0.6) is 11.5 Å². The molecule has 5 nitrogen and oxygen atoms in total. The Morgan fingerprint density at radius 1 is 1.14 bits per heavy atom. The summed E-state index contributed by atoms with van der Waals surface area (Å²) in [7, 11) is 0. The molecule has 0 fully saturated rings. The number of hydrogen-bond acceptors (Lipinski definition) is 4. The van der Waals surface area contributed by atoms with Crippen LogP contribution in [0.4, 0.5) is 0 Å². The Labute approximate surface area is 130 Å². The van der Waals surface area contributed by atoms with Gasteiger partial charge >= 0.3 is 0 Å². The van der Waals surface area contributed by atoms with Crippen molar-refractivity contribution in [3.63, 3.8) is 0 Å². The number of ether oxygens (including phenoxy) is 2. The minimum absolute atomic E-state index is 0.331. The molecule has 1 aromatic heterocycles. The zero-order valence-corrected chi connectivity index (χ0v) is 13.1. The topological polar surface area (TPSA) is 39.5 Å². The number of aryl methyl sites for hydroxylation is 1. The molecule has 116 valence electrons. The van der Waals surface area contributed by atoms with Crippen LogP contribution in [0.3, 0.4) is 0 Å². The zero-order valence-electron chi connectivity index (χ0n) is 13.1. The van der Waals surface area contributed by atoms with Gasteiger partial charge in [-0.25, -0.2) is 4.98 Å². The van der Waals surface area contributed by atoms with E-state index in [1.807, 2.05) is 6.07 Å². The maximum Gasteiger partial charge on any atom is 0.231 e. The second-order valence-corrected chi connectivity index (χ2v) is 6.07. The lowest BCUT2D eigenvalue weighted by Crippen LogP contribution is -2.30. The molecular weight excluding hydrogens is 278 g/mol. The Kier molecular flexibility index (Phi) is 3.30. The lowest BCUT2D eigenvalue weighted by molar-refractivity contribution is 0.173. The van der Waals surface area contributed by atoms with Crippen LogP contribution in [0, 0.1) is 6.92 Å². The summed E-state index contributed by atoms with van der Waals surface area (Å²) in [6.45, 7) is 7.73. The molecule has 2 aromatic rings. The van der Waals surface area contributed by atoms with Crippen LogP contribution in [-0.2, 0) is 13.0 Å². The summed E-state index contributed by atoms with van der Waals surface area (Å²) in [6, 6.07) is 6.63. The summed E-state index contributed by atoms with van der Waals surface area (Å²) in [5, 5.41) is 0. The third-order valence-corrected chi connectivity index (χ3v) is 4.66. The SMILES string of the molecule is Cc1cn2c(n1)CCN(C(C)c1ccc3c(c1)OCO3)CC2. The van der Waals surface area contributed by atoms with Crippen LogP contribution in [-0.4, -0.2) is 34.3 Å². The zero-order chi connectivity index (χ0) is 15.1. The summed E-state index contributed by atoms with van der Waals surface area (Å²) in [6.07, 6.45) is 3.16. The average molecular weight is 299 g/mol. The highest BCUT2D eigenvalue weighted by Crippen LogP contribution is 2.35. The van der Waals surface area contributed by atoms with Gasteiger partial charge in [0.1, 0.15) is 5.82 Å². The molecule has 5 heteroatoms. The van der Waals surface area contributed by atoms with Crippen LogP contribution >= 0.6 is 0 Å². The van der Waals surface area contributed by atoms with E-state index < -0.39 is 0 Å². The lowest BCUT2D eigenvalue weighted by Gasteiger charge is -2.27. The lowest BCUT2D eigenvalue weighted by atomic mass is 10.1. The quantitative estimate of drug-likeness (QED) is 0.854. The number of aromatic nitrogens is 2. The molecule has 2 aliphatic rings. The molecule has 0 aliphatic carbocycles. The molecule has 0 bridgehead atoms. The molecule has 1 atom stereocenters. The standard InChI is InChI=1S/C17H21N3O2/c1-12-10-20-8-7-19(6-5-17(20)18-12)13(2)14-3-4-15-16(9-14)22-11-21-15/h3-4,9-10,13H,5-8,11H2,1-2H3. The highest BCUT2D eigenvalue weighted by Gasteiger charge is 2.22.